The molecule has 0 aromatic rings. The second-order valence-corrected chi connectivity index (χ2v) is 37.6. The maximum atomic E-state index is 14.5. The third-order valence-electron chi connectivity index (χ3n) is 20.6. The number of amides is 1. The van der Waals surface area contributed by atoms with Crippen LogP contribution in [-0.2, 0) is 221 Å². The Kier molecular flexibility index (Phi) is 77.1. The number of nitrogens with one attached hydrogen (secondary N) is 2. The molecule has 0 unspecified atom stereocenters. The van der Waals surface area contributed by atoms with Gasteiger partial charge >= 0.3 is 308 Å². The number of carboxylic acids is 3. The van der Waals surface area contributed by atoms with Crippen LogP contribution < -0.4 is 291 Å². The van der Waals surface area contributed by atoms with Gasteiger partial charge in [0.15, 0.2) is 90.6 Å². The van der Waals surface area contributed by atoms with Crippen molar-refractivity contribution in [2.75, 3.05) is 26.4 Å². The van der Waals surface area contributed by atoms with Crippen LogP contribution in [0.15, 0.2) is 0 Å². The molecule has 59 nitrogen and oxygen atoms in total. The van der Waals surface area contributed by atoms with Crippen molar-refractivity contribution >= 4 is 128 Å². The van der Waals surface area contributed by atoms with Crippen LogP contribution in [0.4, 0.5) is 0 Å². The van der Waals surface area contributed by atoms with E-state index in [4.69, 9.17) is 93.6 Å². The molecule has 6 heterocycles. The van der Waals surface area contributed by atoms with Gasteiger partial charge in [0.2, 0.25) is 57.9 Å². The number of carboxylic acid groups (broad SMARTS) is 3. The molecule has 4 N–H and O–H groups in total. The quantitative estimate of drug-likeness (QED) is 0.0110. The average molecular weight is 2310 g/mol. The summed E-state index contributed by atoms with van der Waals surface area (Å²) < 4.78 is 358. The molecule has 0 saturated carbocycles. The zero-order valence-electron chi connectivity index (χ0n) is 83.0. The summed E-state index contributed by atoms with van der Waals surface area (Å²) in [7, 11) is -38.3. The fraction of sp³-hybridized carbons (Fsp3) is 0.847. The van der Waals surface area contributed by atoms with Crippen LogP contribution in [0.2, 0.25) is 0 Å². The molecule has 29 atom stereocenters. The van der Waals surface area contributed by atoms with Crippen LogP contribution in [0.1, 0.15) is 184 Å². The summed E-state index contributed by atoms with van der Waals surface area (Å²) in [6.07, 6.45) is -78.3. The van der Waals surface area contributed by atoms with Gasteiger partial charge in [0.25, 0.3) is 0 Å². The van der Waals surface area contributed by atoms with Crippen molar-refractivity contribution in [2.24, 2.45) is 0 Å². The Morgan fingerprint density at radius 2 is 0.582 bits per heavy atom. The zero-order chi connectivity index (χ0) is 103. The van der Waals surface area contributed by atoms with E-state index in [9.17, 15) is 156 Å². The summed E-state index contributed by atoms with van der Waals surface area (Å²) in [5, 5.41) is 65.0. The number of unbranched alkanes of at least 4 members (excludes halogenated alkanes) is 10. The van der Waals surface area contributed by atoms with Crippen molar-refractivity contribution in [1.29, 1.82) is 0 Å². The van der Waals surface area contributed by atoms with Crippen molar-refractivity contribution in [1.82, 2.24) is 10.0 Å². The van der Waals surface area contributed by atoms with Crippen LogP contribution in [-0.4, -0.2) is 358 Å². The van der Waals surface area contributed by atoms with Gasteiger partial charge in [-0.15, -0.1) is 0 Å². The molecule has 146 heavy (non-hydrogen) atoms. The monoisotopic (exact) mass is 2310 g/mol. The minimum Gasteiger partial charge on any atom is -0.735 e. The van der Waals surface area contributed by atoms with E-state index in [2.05, 4.69) is 17.9 Å². The fourth-order valence-corrected chi connectivity index (χ4v) is 17.4. The summed E-state index contributed by atoms with van der Waals surface area (Å²) >= 11 is 0. The molecule has 0 bridgehead atoms. The third kappa shape index (κ3) is 52.3. The predicted molar refractivity (Wildman–Crippen MR) is 416 cm³/mol. The number of aliphatic hydroxyl groups excluding tert-OH is 2. The molecular weight excluding hydrogens is 2200 g/mol. The van der Waals surface area contributed by atoms with E-state index >= 15 is 0 Å². The second kappa shape index (κ2) is 73.0. The van der Waals surface area contributed by atoms with E-state index in [1.807, 2.05) is 0 Å². The number of hydrogen-bond acceptors (Lipinski definition) is 57. The molecule has 6 saturated heterocycles. The summed E-state index contributed by atoms with van der Waals surface area (Å²) in [5.41, 5.74) is 0. The molecule has 6 fully saturated rings. The first kappa shape index (κ1) is 154. The van der Waals surface area contributed by atoms with E-state index in [0.29, 0.717) is 52.9 Å². The summed E-state index contributed by atoms with van der Waals surface area (Å²) in [6, 6.07) is -6.04. The van der Waals surface area contributed by atoms with Crippen molar-refractivity contribution in [3.05, 3.63) is 0 Å². The van der Waals surface area contributed by atoms with Crippen LogP contribution in [0.5, 0.6) is 0 Å². The SMILES string of the molecule is CCCCCC(=O)O[C@@H]1[C@@H](OC(C)=O)[C@H](O[C@H]2[C@H](OS(=O)(=O)[O-])[C@@H](NS(=O)(=O)[O-])[C@@H](O[C@H]3[C@H](OC(=O)CCCCC)[C@@H](OS(=O)(=O)[O-])[C@H](O[C@H]4[C@H](OC(=O)CCCCC)[C@@H](CO)O[C@@H]4COS(=O)(=O)[O-])O[C@H]3C(=O)[O-])O[C@@H]2COS(=O)(=O)[O-])O[C@H](C(=O)[O-])[C@H]1O[C@H]1O[C@H](COS(=O)(=O)[O-])[C@@H](O[C@@H]2O[C@@H](C(=O)[O-])[C@@H](O)[C@H](OC(=O)CCCCC)[C@H]2OC(C)=O)[C@H](OC(=O)CCCCC)[C@H]1NC(C)=O.[Na+].[Na+].[Na+].[Na+].[Na+].[Na+].[Na+].[Na+].[Na+]. The summed E-state index contributed by atoms with van der Waals surface area (Å²) in [6.45, 7) is 3.37. The molecule has 6 aliphatic heterocycles. The maximum Gasteiger partial charge on any atom is 1.00 e. The van der Waals surface area contributed by atoms with Crippen molar-refractivity contribution in [2.45, 2.75) is 362 Å². The number of hydrogen-bond donors (Lipinski definition) is 4. The Hall–Kier alpha value is 1.87. The normalized spacial score (nSPS) is 29.8. The van der Waals surface area contributed by atoms with E-state index in [-0.39, 0.29) is 330 Å². The van der Waals surface area contributed by atoms with Gasteiger partial charge in [0, 0.05) is 52.9 Å². The van der Waals surface area contributed by atoms with Gasteiger partial charge in [0.05, 0.1) is 44.3 Å². The van der Waals surface area contributed by atoms with Gasteiger partial charge in [0.1, 0.15) is 97.5 Å². The number of esters is 7. The minimum absolute atomic E-state index is 0. The maximum absolute atomic E-state index is 14.5. The molecule has 1 amide bonds. The Morgan fingerprint density at radius 3 is 0.897 bits per heavy atom. The Balaban J connectivity index is -0.0000112. The third-order valence-corrected chi connectivity index (χ3v) is 23.4. The number of ether oxygens (including phenoxy) is 18. The molecule has 0 radical (unpaired) electrons. The minimum atomic E-state index is -6.86. The number of rotatable bonds is 57. The van der Waals surface area contributed by atoms with Gasteiger partial charge < -0.3 is 158 Å². The topological polar surface area (TPSA) is 877 Å². The molecule has 6 aliphatic rings. The van der Waals surface area contributed by atoms with Gasteiger partial charge in [-0.25, -0.2) is 55.2 Å². The first-order valence-corrected chi connectivity index (χ1v) is 50.4. The van der Waals surface area contributed by atoms with E-state index in [0.717, 1.165) is 4.72 Å². The van der Waals surface area contributed by atoms with E-state index in [1.54, 1.807) is 34.6 Å². The standard InChI is InChI=1S/C72H114N2O57S6.9Na/c1-9-14-19-24-40(79)117-48-36(29-75)114-37(30-109-133(94,95)96)49(48)122-72-64(131-137(106,107)108)59(121-44(83)28-23-18-13-5)57(61(129-72)67(89)90)127-69-46(74-132(91,92)93)53(130-136(103,104)105)51(39(116-69)32-111-135(100,101)102)124-71-63(113-35(8)78)58(120-43(82)27-22-17-12-4)56(60(128-71)66(87)88)126-68-45(73-33(6)76)52(118-41(80)25-20-15-10-2)50(38(115-68)31-110-134(97,98)99)123-70-62(112-34(7)77)54(47(84)55(125-70)65(85)86)119-42(81)26-21-16-11-3;;;;;;;;;/h36-39,45-64,68-72,74-75,84H,9-32H2,1-8H3,(H,73,76)(H,85,86)(H,87,88)(H,89,90)(H,91,92,93)(H,94,95,96)(H,97,98,99)(H,100,101,102)(H,103,104,105)(H,106,107,108);;;;;;;;;/q;9*+1/p-9/t36-,37-,38-,39-,45-,46-,47+,48-,49-,50-,51-,52-,53-,54+,55-,56+,57+,58+,59+,60+,61-,62-,63-,64-,68-,69-,70-,71-,72-;;;;;;;;;/m1........./s1. The molecule has 0 aromatic heterocycles. The Bertz CT molecular complexity index is 4810. The summed E-state index contributed by atoms with van der Waals surface area (Å²) in [4.78, 5) is 151. The first-order chi connectivity index (χ1) is 63.8. The number of carbonyl (C=O) groups is 11. The largest absolute Gasteiger partial charge is 1.00 e. The van der Waals surface area contributed by atoms with Gasteiger partial charge in [-0.05, 0) is 32.1 Å². The van der Waals surface area contributed by atoms with Gasteiger partial charge in [-0.1, -0.05) is 98.8 Å². The van der Waals surface area contributed by atoms with Crippen molar-refractivity contribution in [3.8, 4) is 0 Å². The fourth-order valence-electron chi connectivity index (χ4n) is 14.9. The molecule has 0 spiro atoms. The second-order valence-electron chi connectivity index (χ2n) is 31.3. The van der Waals surface area contributed by atoms with Crippen LogP contribution in [0.25, 0.3) is 0 Å². The van der Waals surface area contributed by atoms with Gasteiger partial charge in [-0.3, -0.25) is 59.3 Å². The molecule has 0 aromatic carbocycles. The van der Waals surface area contributed by atoms with Crippen LogP contribution in [0, 0.1) is 0 Å². The Labute approximate surface area is 1040 Å². The first-order valence-electron chi connectivity index (χ1n) is 42.4. The smallest absolute Gasteiger partial charge is 0.735 e. The van der Waals surface area contributed by atoms with Crippen LogP contribution in [0.3, 0.4) is 0 Å². The number of aliphatic hydroxyl groups is 2. The van der Waals surface area contributed by atoms with Crippen molar-refractivity contribution in [3.63, 3.8) is 0 Å². The number of carbonyl (C=O) groups excluding carboxylic acids is 11. The van der Waals surface area contributed by atoms with E-state index in [1.165, 1.54) is 0 Å². The van der Waals surface area contributed by atoms with Gasteiger partial charge in [-0.2, -0.15) is 0 Å². The Morgan fingerprint density at radius 1 is 0.301 bits per heavy atom. The molecule has 6 rings (SSSR count). The number of aliphatic carboxylic acids is 3. The molecule has 790 valence electrons. The molecule has 0 aliphatic carbocycles. The molecule has 74 heteroatoms. The predicted octanol–water partition coefficient (Wildman–Crippen LogP) is -35.7. The average Bonchev–Trinajstić information content (AvgIpc) is 0.868. The van der Waals surface area contributed by atoms with Crippen LogP contribution >= 0.6 is 0 Å². The zero-order valence-corrected chi connectivity index (χ0v) is 106. The van der Waals surface area contributed by atoms with E-state index < -0.39 is 364 Å². The summed E-state index contributed by atoms with van der Waals surface area (Å²) in [5.74, 6) is -19.1. The molecular formula is C72H105N2Na9O57S6. The van der Waals surface area contributed by atoms with Crippen molar-refractivity contribution < 1.29 is 528 Å².